The Morgan fingerprint density at radius 1 is 1.21 bits per heavy atom. The molecule has 2 nitrogen and oxygen atoms in total. The molecule has 19 heavy (non-hydrogen) atoms. The lowest BCUT2D eigenvalue weighted by atomic mass is 10.1. The topological polar surface area (TPSA) is 21.3 Å². The van der Waals surface area contributed by atoms with Gasteiger partial charge in [-0.15, -0.1) is 0 Å². The van der Waals surface area contributed by atoms with E-state index in [0.29, 0.717) is 5.56 Å². The molecular formula is C12H14F5NO. The van der Waals surface area contributed by atoms with Crippen LogP contribution in [0, 0.1) is 5.82 Å². The van der Waals surface area contributed by atoms with E-state index in [1.165, 1.54) is 24.3 Å². The van der Waals surface area contributed by atoms with E-state index >= 15 is 0 Å². The summed E-state index contributed by atoms with van der Waals surface area (Å²) in [4.78, 5) is 0. The number of nitrogens with one attached hydrogen (secondary N) is 1. The van der Waals surface area contributed by atoms with Crippen LogP contribution in [-0.4, -0.2) is 32.6 Å². The molecule has 1 aromatic rings. The maximum absolute atomic E-state index is 12.7. The first-order valence-electron chi connectivity index (χ1n) is 5.53. The summed E-state index contributed by atoms with van der Waals surface area (Å²) in [6.45, 7) is -1.57. The van der Waals surface area contributed by atoms with Crippen molar-refractivity contribution in [3.63, 3.8) is 0 Å². The fourth-order valence-electron chi connectivity index (χ4n) is 1.42. The lowest BCUT2D eigenvalue weighted by Crippen LogP contribution is -2.34. The van der Waals surface area contributed by atoms with Gasteiger partial charge < -0.3 is 10.1 Å². The molecule has 0 saturated carbocycles. The van der Waals surface area contributed by atoms with Gasteiger partial charge in [0.2, 0.25) is 0 Å². The van der Waals surface area contributed by atoms with Crippen molar-refractivity contribution in [1.29, 1.82) is 0 Å². The van der Waals surface area contributed by atoms with E-state index in [1.807, 2.05) is 0 Å². The molecule has 0 bridgehead atoms. The second kappa shape index (κ2) is 6.81. The van der Waals surface area contributed by atoms with Gasteiger partial charge in [0.15, 0.2) is 0 Å². The van der Waals surface area contributed by atoms with Crippen LogP contribution in [0.4, 0.5) is 22.0 Å². The molecule has 108 valence electrons. The largest absolute Gasteiger partial charge is 0.373 e. The van der Waals surface area contributed by atoms with E-state index in [9.17, 15) is 22.0 Å². The summed E-state index contributed by atoms with van der Waals surface area (Å²) in [5.74, 6) is -4.59. The van der Waals surface area contributed by atoms with Gasteiger partial charge in [0.05, 0.1) is 12.6 Å². The molecular weight excluding hydrogens is 269 g/mol. The first-order valence-corrected chi connectivity index (χ1v) is 5.53. The zero-order chi connectivity index (χ0) is 14.5. The van der Waals surface area contributed by atoms with Crippen molar-refractivity contribution in [3.8, 4) is 0 Å². The van der Waals surface area contributed by atoms with Crippen molar-refractivity contribution in [1.82, 2.24) is 5.32 Å². The standard InChI is InChI=1S/C12H14F5NO/c1-18-10(8-2-4-9(13)5-3-8)6-19-7-12(16,17)11(14)15/h2-5,10-11,18H,6-7H2,1H3. The summed E-state index contributed by atoms with van der Waals surface area (Å²) >= 11 is 0. The molecule has 7 heteroatoms. The molecule has 0 fully saturated rings. The number of halogens is 5. The van der Waals surface area contributed by atoms with Crippen molar-refractivity contribution in [2.45, 2.75) is 18.4 Å². The first-order chi connectivity index (χ1) is 8.86. The Morgan fingerprint density at radius 2 is 1.79 bits per heavy atom. The summed E-state index contributed by atoms with van der Waals surface area (Å²) in [7, 11) is 1.56. The summed E-state index contributed by atoms with van der Waals surface area (Å²) in [5, 5.41) is 2.77. The Morgan fingerprint density at radius 3 is 2.26 bits per heavy atom. The summed E-state index contributed by atoms with van der Waals surface area (Å²) in [5.41, 5.74) is 0.615. The molecule has 0 radical (unpaired) electrons. The lowest BCUT2D eigenvalue weighted by Gasteiger charge is -2.20. The highest BCUT2D eigenvalue weighted by molar-refractivity contribution is 5.19. The molecule has 0 heterocycles. The third-order valence-electron chi connectivity index (χ3n) is 2.52. The van der Waals surface area contributed by atoms with E-state index in [1.54, 1.807) is 7.05 Å². The first kappa shape index (κ1) is 15.8. The molecule has 0 aliphatic heterocycles. The molecule has 1 rings (SSSR count). The van der Waals surface area contributed by atoms with Crippen LogP contribution < -0.4 is 5.32 Å². The summed E-state index contributed by atoms with van der Waals surface area (Å²) < 4.78 is 66.3. The van der Waals surface area contributed by atoms with Crippen molar-refractivity contribution < 1.29 is 26.7 Å². The third-order valence-corrected chi connectivity index (χ3v) is 2.52. The van der Waals surface area contributed by atoms with Gasteiger partial charge in [0, 0.05) is 0 Å². The van der Waals surface area contributed by atoms with Crippen LogP contribution in [0.3, 0.4) is 0 Å². The number of ether oxygens (including phenoxy) is 1. The highest BCUT2D eigenvalue weighted by atomic mass is 19.3. The monoisotopic (exact) mass is 283 g/mol. The molecule has 1 unspecified atom stereocenters. The molecule has 0 aromatic heterocycles. The number of hydrogen-bond acceptors (Lipinski definition) is 2. The Balaban J connectivity index is 2.52. The van der Waals surface area contributed by atoms with Crippen LogP contribution in [0.15, 0.2) is 24.3 Å². The Bertz CT molecular complexity index is 382. The van der Waals surface area contributed by atoms with Gasteiger partial charge in [-0.1, -0.05) is 12.1 Å². The molecule has 1 aromatic carbocycles. The molecule has 0 aliphatic carbocycles. The highest BCUT2D eigenvalue weighted by Crippen LogP contribution is 2.23. The van der Waals surface area contributed by atoms with Gasteiger partial charge in [0.25, 0.3) is 0 Å². The average Bonchev–Trinajstić information content (AvgIpc) is 2.36. The van der Waals surface area contributed by atoms with Gasteiger partial charge in [-0.2, -0.15) is 8.78 Å². The van der Waals surface area contributed by atoms with Crippen LogP contribution >= 0.6 is 0 Å². The van der Waals surface area contributed by atoms with Crippen LogP contribution in [0.5, 0.6) is 0 Å². The van der Waals surface area contributed by atoms with Gasteiger partial charge in [-0.25, -0.2) is 13.2 Å². The lowest BCUT2D eigenvalue weighted by molar-refractivity contribution is -0.167. The molecule has 1 atom stereocenters. The number of hydrogen-bond donors (Lipinski definition) is 1. The van der Waals surface area contributed by atoms with Crippen LogP contribution in [-0.2, 0) is 4.74 Å². The fourth-order valence-corrected chi connectivity index (χ4v) is 1.42. The Hall–Kier alpha value is -1.21. The van der Waals surface area contributed by atoms with E-state index in [2.05, 4.69) is 10.1 Å². The normalized spacial score (nSPS) is 13.8. The number of likely N-dealkylation sites (N-methyl/N-ethyl adjacent to an activating group) is 1. The molecule has 0 aliphatic rings. The van der Waals surface area contributed by atoms with Crippen molar-refractivity contribution in [2.75, 3.05) is 20.3 Å². The number of alkyl halides is 4. The predicted octanol–water partition coefficient (Wildman–Crippen LogP) is 3.00. The predicted molar refractivity (Wildman–Crippen MR) is 60.0 cm³/mol. The number of rotatable bonds is 7. The maximum atomic E-state index is 12.7. The highest BCUT2D eigenvalue weighted by Gasteiger charge is 2.41. The summed E-state index contributed by atoms with van der Waals surface area (Å²) in [6.07, 6.45) is -3.76. The van der Waals surface area contributed by atoms with E-state index in [0.717, 1.165) is 0 Å². The Kier molecular flexibility index (Phi) is 5.68. The van der Waals surface area contributed by atoms with Gasteiger partial charge in [-0.05, 0) is 24.7 Å². The van der Waals surface area contributed by atoms with Crippen LogP contribution in [0.1, 0.15) is 11.6 Å². The second-order valence-corrected chi connectivity index (χ2v) is 3.97. The zero-order valence-corrected chi connectivity index (χ0v) is 10.2. The van der Waals surface area contributed by atoms with Crippen LogP contribution in [0.25, 0.3) is 0 Å². The fraction of sp³-hybridized carbons (Fsp3) is 0.500. The van der Waals surface area contributed by atoms with E-state index in [-0.39, 0.29) is 6.61 Å². The molecule has 0 saturated heterocycles. The summed E-state index contributed by atoms with van der Waals surface area (Å²) in [6, 6.07) is 4.88. The zero-order valence-electron chi connectivity index (χ0n) is 10.2. The molecule has 1 N–H and O–H groups in total. The second-order valence-electron chi connectivity index (χ2n) is 3.97. The quantitative estimate of drug-likeness (QED) is 0.777. The van der Waals surface area contributed by atoms with E-state index < -0.39 is 30.8 Å². The minimum Gasteiger partial charge on any atom is -0.373 e. The number of benzene rings is 1. The third kappa shape index (κ3) is 4.76. The smallest absolute Gasteiger partial charge is 0.330 e. The van der Waals surface area contributed by atoms with Gasteiger partial charge >= 0.3 is 12.3 Å². The van der Waals surface area contributed by atoms with Gasteiger partial charge in [-0.3, -0.25) is 0 Å². The Labute approximate surface area is 107 Å². The van der Waals surface area contributed by atoms with E-state index in [4.69, 9.17) is 0 Å². The minimum atomic E-state index is -4.17. The maximum Gasteiger partial charge on any atom is 0.330 e. The van der Waals surface area contributed by atoms with Crippen molar-refractivity contribution in [3.05, 3.63) is 35.6 Å². The van der Waals surface area contributed by atoms with Crippen molar-refractivity contribution >= 4 is 0 Å². The average molecular weight is 283 g/mol. The molecule has 0 amide bonds. The SMILES string of the molecule is CNC(COCC(F)(F)C(F)F)c1ccc(F)cc1. The van der Waals surface area contributed by atoms with Gasteiger partial charge in [0.1, 0.15) is 12.4 Å². The van der Waals surface area contributed by atoms with Crippen molar-refractivity contribution in [2.24, 2.45) is 0 Å². The minimum absolute atomic E-state index is 0.218. The van der Waals surface area contributed by atoms with Crippen LogP contribution in [0.2, 0.25) is 0 Å². The molecule has 0 spiro atoms.